The van der Waals surface area contributed by atoms with E-state index in [-0.39, 0.29) is 22.9 Å². The molecule has 2 heterocycles. The predicted molar refractivity (Wildman–Crippen MR) is 172 cm³/mol. The van der Waals surface area contributed by atoms with Gasteiger partial charge in [-0.1, -0.05) is 36.4 Å². The topological polar surface area (TPSA) is 88.9 Å². The molecule has 4 aromatic rings. The molecule has 0 radical (unpaired) electrons. The number of nitrogens with one attached hydrogen (secondary N) is 1. The van der Waals surface area contributed by atoms with Crippen LogP contribution in [0.1, 0.15) is 32.2 Å². The normalized spacial score (nSPS) is 14.2. The number of carbonyl (C=O) groups excluding carboxylic acids is 1. The summed E-state index contributed by atoms with van der Waals surface area (Å²) in [7, 11) is 0. The van der Waals surface area contributed by atoms with Crippen molar-refractivity contribution in [1.29, 1.82) is 0 Å². The quantitative estimate of drug-likeness (QED) is 0.196. The molecule has 1 N–H and O–H groups in total. The number of carbonyl (C=O) groups is 1. The van der Waals surface area contributed by atoms with Crippen molar-refractivity contribution in [3.8, 4) is 17.2 Å². The lowest BCUT2D eigenvalue weighted by atomic mass is 10.2. The van der Waals surface area contributed by atoms with Crippen molar-refractivity contribution in [3.05, 3.63) is 94.5 Å². The summed E-state index contributed by atoms with van der Waals surface area (Å²) in [4.78, 5) is 35.4. The highest BCUT2D eigenvalue weighted by molar-refractivity contribution is 7.81. The lowest BCUT2D eigenvalue weighted by molar-refractivity contribution is -0.135. The van der Waals surface area contributed by atoms with Crippen molar-refractivity contribution in [3.63, 3.8) is 0 Å². The smallest absolute Gasteiger partial charge is 0.266 e. The van der Waals surface area contributed by atoms with Crippen LogP contribution < -0.4 is 20.3 Å². The first-order valence-corrected chi connectivity index (χ1v) is 15.1. The van der Waals surface area contributed by atoms with E-state index in [1.54, 1.807) is 10.6 Å². The molecule has 3 aromatic carbocycles. The van der Waals surface area contributed by atoms with E-state index in [0.717, 1.165) is 5.56 Å². The van der Waals surface area contributed by atoms with E-state index in [1.807, 2.05) is 92.4 Å². The summed E-state index contributed by atoms with van der Waals surface area (Å²) in [6, 6.07) is 22.7. The van der Waals surface area contributed by atoms with Gasteiger partial charge in [0.2, 0.25) is 0 Å². The number of piperazine rings is 1. The molecular weight excluding hydrogens is 562 g/mol. The third-order valence-electron chi connectivity index (χ3n) is 7.35. The lowest BCUT2D eigenvalue weighted by Gasteiger charge is -2.34. The number of hydrogen-bond donors (Lipinski definition) is 2. The van der Waals surface area contributed by atoms with Gasteiger partial charge in [-0.25, -0.2) is 4.98 Å². The van der Waals surface area contributed by atoms with Crippen LogP contribution in [0.4, 0.5) is 0 Å². The average molecular weight is 602 g/mol. The van der Waals surface area contributed by atoms with Crippen molar-refractivity contribution in [2.75, 3.05) is 39.4 Å². The monoisotopic (exact) mass is 601 g/mol. The average Bonchev–Trinajstić information content (AvgIpc) is 3.00. The number of amides is 1. The minimum absolute atomic E-state index is 0.0126. The fourth-order valence-corrected chi connectivity index (χ4v) is 5.15. The molecule has 43 heavy (non-hydrogen) atoms. The largest absolute Gasteiger partial charge is 0.492 e. The summed E-state index contributed by atoms with van der Waals surface area (Å²) in [5.74, 6) is 1.88. The Balaban J connectivity index is 1.23. The van der Waals surface area contributed by atoms with E-state index < -0.39 is 0 Å². The molecule has 1 aliphatic rings. The number of benzene rings is 3. The molecule has 0 spiro atoms. The van der Waals surface area contributed by atoms with E-state index in [9.17, 15) is 9.59 Å². The van der Waals surface area contributed by atoms with Crippen molar-refractivity contribution >= 4 is 29.4 Å². The van der Waals surface area contributed by atoms with Crippen LogP contribution in [-0.4, -0.2) is 69.5 Å². The van der Waals surface area contributed by atoms with Gasteiger partial charge in [-0.05, 0) is 62.7 Å². The molecule has 0 bridgehead atoms. The number of aromatic nitrogens is 2. The lowest BCUT2D eigenvalue weighted by Crippen LogP contribution is -2.50. The first kappa shape index (κ1) is 30.6. The van der Waals surface area contributed by atoms with E-state index in [4.69, 9.17) is 14.5 Å². The molecule has 5 rings (SSSR count). The summed E-state index contributed by atoms with van der Waals surface area (Å²) in [5.41, 5.74) is 2.31. The van der Waals surface area contributed by atoms with Gasteiger partial charge in [0.1, 0.15) is 17.3 Å². The molecule has 9 nitrogen and oxygen atoms in total. The van der Waals surface area contributed by atoms with Crippen LogP contribution in [0.5, 0.6) is 11.5 Å². The molecule has 1 aliphatic heterocycles. The molecule has 0 saturated carbocycles. The molecule has 1 amide bonds. The van der Waals surface area contributed by atoms with Gasteiger partial charge in [0.15, 0.2) is 6.61 Å². The Morgan fingerprint density at radius 3 is 2.37 bits per heavy atom. The molecule has 10 heteroatoms. The maximum absolute atomic E-state index is 13.7. The Morgan fingerprint density at radius 1 is 0.953 bits per heavy atom. The van der Waals surface area contributed by atoms with Gasteiger partial charge in [-0.15, -0.1) is 0 Å². The zero-order chi connectivity index (χ0) is 30.4. The first-order valence-electron chi connectivity index (χ1n) is 14.6. The van der Waals surface area contributed by atoms with Gasteiger partial charge in [0.05, 0.1) is 34.6 Å². The number of ether oxygens (including phenoxy) is 2. The summed E-state index contributed by atoms with van der Waals surface area (Å²) in [5, 5.41) is 3.89. The number of thiol groups is 1. The maximum atomic E-state index is 13.7. The molecule has 0 atom stereocenters. The minimum atomic E-state index is -0.257. The van der Waals surface area contributed by atoms with Gasteiger partial charge >= 0.3 is 0 Å². The first-order chi connectivity index (χ1) is 20.7. The Kier molecular flexibility index (Phi) is 9.69. The summed E-state index contributed by atoms with van der Waals surface area (Å²) in [6.45, 7) is 10.0. The second-order valence-corrected chi connectivity index (χ2v) is 12.2. The Bertz CT molecular complexity index is 1610. The zero-order valence-electron chi connectivity index (χ0n) is 25.0. The molecular formula is C33H39N5O4S. The van der Waals surface area contributed by atoms with Crippen LogP contribution in [0.25, 0.3) is 16.6 Å². The van der Waals surface area contributed by atoms with Crippen LogP contribution in [0.2, 0.25) is 0 Å². The zero-order valence-corrected chi connectivity index (χ0v) is 25.8. The molecule has 1 saturated heterocycles. The van der Waals surface area contributed by atoms with Crippen LogP contribution in [0.15, 0.2) is 77.6 Å². The van der Waals surface area contributed by atoms with E-state index in [1.165, 1.54) is 0 Å². The number of nitrogens with zero attached hydrogens (tertiary/aromatic N) is 4. The third kappa shape index (κ3) is 7.76. The second kappa shape index (κ2) is 13.6. The van der Waals surface area contributed by atoms with Crippen LogP contribution in [-0.2, 0) is 17.9 Å². The fraction of sp³-hybridized carbons (Fsp3) is 0.364. The number of fused-ring (bicyclic) bond motifs is 1. The summed E-state index contributed by atoms with van der Waals surface area (Å²) >= 11 is 4.49. The van der Waals surface area contributed by atoms with Gasteiger partial charge in [-0.3, -0.25) is 24.4 Å². The van der Waals surface area contributed by atoms with Gasteiger partial charge in [0, 0.05) is 32.7 Å². The molecule has 0 aliphatic carbocycles. The van der Waals surface area contributed by atoms with Crippen molar-refractivity contribution in [1.82, 2.24) is 24.7 Å². The molecule has 1 aromatic heterocycles. The maximum Gasteiger partial charge on any atom is 0.266 e. The number of para-hydroxylation sites is 3. The SMILES string of the molecule is CCOc1ccccc1-n1c(CN2CCN(C(=O)COc3ccc(CNC(C)(C)S)cc3)CC2)nc2ccccc2c1=O. The number of rotatable bonds is 11. The highest BCUT2D eigenvalue weighted by Gasteiger charge is 2.24. The summed E-state index contributed by atoms with van der Waals surface area (Å²) < 4.78 is 13.3. The molecule has 226 valence electrons. The molecule has 1 fully saturated rings. The van der Waals surface area contributed by atoms with Crippen LogP contribution >= 0.6 is 12.6 Å². The van der Waals surface area contributed by atoms with Crippen molar-refractivity contribution < 1.29 is 14.3 Å². The van der Waals surface area contributed by atoms with Crippen molar-refractivity contribution in [2.24, 2.45) is 0 Å². The second-order valence-electron chi connectivity index (χ2n) is 11.1. The number of hydrogen-bond acceptors (Lipinski definition) is 8. The van der Waals surface area contributed by atoms with Gasteiger partial charge in [-0.2, -0.15) is 12.6 Å². The van der Waals surface area contributed by atoms with E-state index in [0.29, 0.717) is 79.8 Å². The van der Waals surface area contributed by atoms with Gasteiger partial charge < -0.3 is 14.4 Å². The Morgan fingerprint density at radius 2 is 1.65 bits per heavy atom. The van der Waals surface area contributed by atoms with Crippen LogP contribution in [0.3, 0.4) is 0 Å². The Hall–Kier alpha value is -3.86. The fourth-order valence-electron chi connectivity index (χ4n) is 5.07. The van der Waals surface area contributed by atoms with Crippen molar-refractivity contribution in [2.45, 2.75) is 38.7 Å². The molecule has 0 unspecified atom stereocenters. The standard InChI is InChI=1S/C33H39N5O4S/c1-4-41-29-12-8-7-11-28(29)38-30(35-27-10-6-5-9-26(27)32(38)40)22-36-17-19-37(20-18-36)31(39)23-42-25-15-13-24(14-16-25)21-34-33(2,3)43/h5-16,34,43H,4,17-23H2,1-3H3. The van der Waals surface area contributed by atoms with Crippen LogP contribution in [0, 0.1) is 0 Å². The van der Waals surface area contributed by atoms with Gasteiger partial charge in [0.25, 0.3) is 11.5 Å². The summed E-state index contributed by atoms with van der Waals surface area (Å²) in [6.07, 6.45) is 0. The Labute approximate surface area is 257 Å². The minimum Gasteiger partial charge on any atom is -0.492 e. The third-order valence-corrected chi connectivity index (χ3v) is 7.51. The van der Waals surface area contributed by atoms with E-state index in [2.05, 4.69) is 22.8 Å². The predicted octanol–water partition coefficient (Wildman–Crippen LogP) is 4.26. The highest BCUT2D eigenvalue weighted by atomic mass is 32.1. The van der Waals surface area contributed by atoms with E-state index >= 15 is 0 Å². The highest BCUT2D eigenvalue weighted by Crippen LogP contribution is 2.24.